The van der Waals surface area contributed by atoms with Gasteiger partial charge in [-0.25, -0.2) is 0 Å². The van der Waals surface area contributed by atoms with Crippen LogP contribution in [0.1, 0.15) is 18.9 Å². The summed E-state index contributed by atoms with van der Waals surface area (Å²) in [6, 6.07) is 5.88. The Morgan fingerprint density at radius 3 is 2.79 bits per heavy atom. The average Bonchev–Trinajstić information content (AvgIpc) is 2.44. The van der Waals surface area contributed by atoms with E-state index in [1.807, 2.05) is 32.2 Å². The third kappa shape index (κ3) is 5.19. The van der Waals surface area contributed by atoms with E-state index in [4.69, 9.17) is 28.1 Å². The van der Waals surface area contributed by atoms with Gasteiger partial charge in [0, 0.05) is 13.5 Å². The van der Waals surface area contributed by atoms with Gasteiger partial charge in [-0.2, -0.15) is 0 Å². The molecule has 0 aliphatic heterocycles. The Kier molecular flexibility index (Phi) is 6.76. The highest BCUT2D eigenvalue weighted by Gasteiger charge is 2.06. The number of ether oxygens (including phenoxy) is 2. The molecule has 4 heteroatoms. The normalized spacial score (nSPS) is 9.53. The predicted octanol–water partition coefficient (Wildman–Crippen LogP) is 2.58. The second-order valence-electron chi connectivity index (χ2n) is 3.88. The monoisotopic (exact) mass is 277 g/mol. The molecule has 0 unspecified atom stereocenters. The Bertz CT molecular complexity index is 466. The Balaban J connectivity index is 2.77. The Morgan fingerprint density at radius 1 is 1.37 bits per heavy atom. The number of thiocarbonyl (C=S) groups is 1. The van der Waals surface area contributed by atoms with E-state index in [0.29, 0.717) is 12.4 Å². The van der Waals surface area contributed by atoms with Crippen molar-refractivity contribution in [3.05, 3.63) is 23.8 Å². The molecule has 0 atom stereocenters. The van der Waals surface area contributed by atoms with Gasteiger partial charge in [0.2, 0.25) is 0 Å². The summed E-state index contributed by atoms with van der Waals surface area (Å²) in [5.41, 5.74) is 1.16. The first-order valence-electron chi connectivity index (χ1n) is 6.23. The van der Waals surface area contributed by atoms with Crippen LogP contribution >= 0.6 is 12.2 Å². The molecule has 0 amide bonds. The first-order chi connectivity index (χ1) is 9.21. The topological polar surface area (TPSA) is 30.5 Å². The standard InChI is InChI=1S/C15H19NO2S/c1-4-10-18-13-8-6-12(7-9-15(19)16-3)11-14(13)17-5-2/h1,6,8,11H,5,7,9-10H2,2-3H3,(H,16,19). The Morgan fingerprint density at radius 2 is 2.16 bits per heavy atom. The maximum Gasteiger partial charge on any atom is 0.162 e. The summed E-state index contributed by atoms with van der Waals surface area (Å²) in [5.74, 6) is 3.85. The van der Waals surface area contributed by atoms with E-state index < -0.39 is 0 Å². The molecule has 0 aliphatic carbocycles. The van der Waals surface area contributed by atoms with Crippen LogP contribution in [-0.4, -0.2) is 25.2 Å². The van der Waals surface area contributed by atoms with E-state index in [9.17, 15) is 0 Å². The molecule has 3 nitrogen and oxygen atoms in total. The SMILES string of the molecule is C#CCOc1ccc(CCC(=S)NC)cc1OCC. The number of aryl methyl sites for hydroxylation is 1. The third-order valence-electron chi connectivity index (χ3n) is 2.54. The molecule has 1 N–H and O–H groups in total. The van der Waals surface area contributed by atoms with Crippen molar-refractivity contribution in [2.75, 3.05) is 20.3 Å². The van der Waals surface area contributed by atoms with Crippen molar-refractivity contribution in [1.29, 1.82) is 0 Å². The second kappa shape index (κ2) is 8.39. The summed E-state index contributed by atoms with van der Waals surface area (Å²) >= 11 is 5.13. The van der Waals surface area contributed by atoms with Gasteiger partial charge in [0.25, 0.3) is 0 Å². The van der Waals surface area contributed by atoms with E-state index in [1.54, 1.807) is 0 Å². The molecule has 19 heavy (non-hydrogen) atoms. The highest BCUT2D eigenvalue weighted by atomic mass is 32.1. The van der Waals surface area contributed by atoms with Crippen LogP contribution in [-0.2, 0) is 6.42 Å². The summed E-state index contributed by atoms with van der Waals surface area (Å²) in [6.07, 6.45) is 6.88. The van der Waals surface area contributed by atoms with Gasteiger partial charge in [0.1, 0.15) is 6.61 Å². The minimum absolute atomic E-state index is 0.239. The molecule has 0 aromatic heterocycles. The highest BCUT2D eigenvalue weighted by Crippen LogP contribution is 2.28. The predicted molar refractivity (Wildman–Crippen MR) is 81.9 cm³/mol. The van der Waals surface area contributed by atoms with E-state index in [-0.39, 0.29) is 6.61 Å². The first kappa shape index (κ1) is 15.3. The molecule has 1 aromatic rings. The lowest BCUT2D eigenvalue weighted by atomic mass is 10.1. The molecule has 0 bridgehead atoms. The van der Waals surface area contributed by atoms with Crippen molar-refractivity contribution >= 4 is 17.2 Å². The molecule has 0 fully saturated rings. The third-order valence-corrected chi connectivity index (χ3v) is 2.95. The lowest BCUT2D eigenvalue weighted by molar-refractivity contribution is 0.299. The number of hydrogen-bond acceptors (Lipinski definition) is 3. The van der Waals surface area contributed by atoms with Gasteiger partial charge in [-0.15, -0.1) is 6.42 Å². The summed E-state index contributed by atoms with van der Waals surface area (Å²) in [4.78, 5) is 0.852. The molecular formula is C15H19NO2S. The quantitative estimate of drug-likeness (QED) is 0.613. The van der Waals surface area contributed by atoms with Crippen LogP contribution in [0.25, 0.3) is 0 Å². The summed E-state index contributed by atoms with van der Waals surface area (Å²) in [6.45, 7) is 2.77. The van der Waals surface area contributed by atoms with Gasteiger partial charge in [0.05, 0.1) is 11.6 Å². The fraction of sp³-hybridized carbons (Fsp3) is 0.400. The number of hydrogen-bond donors (Lipinski definition) is 1. The Labute approximate surface area is 120 Å². The van der Waals surface area contributed by atoms with Crippen molar-refractivity contribution in [3.8, 4) is 23.8 Å². The van der Waals surface area contributed by atoms with Crippen LogP contribution in [0.4, 0.5) is 0 Å². The van der Waals surface area contributed by atoms with Crippen LogP contribution in [0.2, 0.25) is 0 Å². The van der Waals surface area contributed by atoms with Crippen molar-refractivity contribution < 1.29 is 9.47 Å². The van der Waals surface area contributed by atoms with Crippen LogP contribution in [0, 0.1) is 12.3 Å². The van der Waals surface area contributed by atoms with Gasteiger partial charge in [-0.1, -0.05) is 24.2 Å². The Hall–Kier alpha value is -1.73. The molecule has 1 aromatic carbocycles. The molecule has 1 rings (SSSR count). The second-order valence-corrected chi connectivity index (χ2v) is 4.37. The van der Waals surface area contributed by atoms with Crippen molar-refractivity contribution in [2.24, 2.45) is 0 Å². The van der Waals surface area contributed by atoms with Gasteiger partial charge in [-0.3, -0.25) is 0 Å². The number of nitrogens with one attached hydrogen (secondary N) is 1. The van der Waals surface area contributed by atoms with Gasteiger partial charge >= 0.3 is 0 Å². The molecule has 0 heterocycles. The van der Waals surface area contributed by atoms with E-state index in [0.717, 1.165) is 29.1 Å². The molecule has 102 valence electrons. The van der Waals surface area contributed by atoms with Crippen LogP contribution in [0.3, 0.4) is 0 Å². The fourth-order valence-corrected chi connectivity index (χ4v) is 1.70. The number of terminal acetylenes is 1. The average molecular weight is 277 g/mol. The molecule has 0 saturated heterocycles. The first-order valence-corrected chi connectivity index (χ1v) is 6.64. The maximum absolute atomic E-state index is 5.57. The molecule has 0 aliphatic rings. The minimum Gasteiger partial charge on any atom is -0.490 e. The lowest BCUT2D eigenvalue weighted by Crippen LogP contribution is -2.15. The summed E-state index contributed by atoms with van der Waals surface area (Å²) in [7, 11) is 1.84. The molecule has 0 radical (unpaired) electrons. The van der Waals surface area contributed by atoms with Gasteiger partial charge < -0.3 is 14.8 Å². The van der Waals surface area contributed by atoms with Crippen molar-refractivity contribution in [2.45, 2.75) is 19.8 Å². The van der Waals surface area contributed by atoms with Gasteiger partial charge in [-0.05, 0) is 31.0 Å². The zero-order valence-electron chi connectivity index (χ0n) is 11.4. The number of benzene rings is 1. The summed E-state index contributed by atoms with van der Waals surface area (Å²) < 4.78 is 11.0. The van der Waals surface area contributed by atoms with E-state index in [1.165, 1.54) is 0 Å². The fourth-order valence-electron chi connectivity index (χ4n) is 1.60. The van der Waals surface area contributed by atoms with Crippen molar-refractivity contribution in [3.63, 3.8) is 0 Å². The van der Waals surface area contributed by atoms with Crippen LogP contribution in [0.5, 0.6) is 11.5 Å². The maximum atomic E-state index is 5.57. The highest BCUT2D eigenvalue weighted by molar-refractivity contribution is 7.80. The largest absolute Gasteiger partial charge is 0.490 e. The minimum atomic E-state index is 0.239. The molecule has 0 spiro atoms. The van der Waals surface area contributed by atoms with Crippen LogP contribution < -0.4 is 14.8 Å². The zero-order chi connectivity index (χ0) is 14.1. The molecular weight excluding hydrogens is 258 g/mol. The van der Waals surface area contributed by atoms with E-state index in [2.05, 4.69) is 11.2 Å². The number of rotatable bonds is 7. The lowest BCUT2D eigenvalue weighted by Gasteiger charge is -2.12. The zero-order valence-corrected chi connectivity index (χ0v) is 12.2. The van der Waals surface area contributed by atoms with Gasteiger partial charge in [0.15, 0.2) is 11.5 Å². The van der Waals surface area contributed by atoms with E-state index >= 15 is 0 Å². The van der Waals surface area contributed by atoms with Crippen molar-refractivity contribution in [1.82, 2.24) is 5.32 Å². The summed E-state index contributed by atoms with van der Waals surface area (Å²) in [5, 5.41) is 2.97. The van der Waals surface area contributed by atoms with Crippen LogP contribution in [0.15, 0.2) is 18.2 Å². The molecule has 0 saturated carbocycles. The smallest absolute Gasteiger partial charge is 0.162 e.